The van der Waals surface area contributed by atoms with Crippen molar-refractivity contribution in [2.45, 2.75) is 32.6 Å². The molecule has 0 aliphatic carbocycles. The van der Waals surface area contributed by atoms with Crippen LogP contribution in [0.4, 0.5) is 11.4 Å². The lowest BCUT2D eigenvalue weighted by molar-refractivity contribution is -0.122. The number of hydrogen-bond donors (Lipinski definition) is 3. The minimum atomic E-state index is -0.472. The Morgan fingerprint density at radius 1 is 1.40 bits per heavy atom. The second-order valence-electron chi connectivity index (χ2n) is 7.30. The number of nitrogens with one attached hydrogen (secondary N) is 2. The van der Waals surface area contributed by atoms with Crippen LogP contribution in [0.15, 0.2) is 30.6 Å². The normalized spacial score (nSPS) is 17.8. The lowest BCUT2D eigenvalue weighted by Gasteiger charge is -2.22. The van der Waals surface area contributed by atoms with E-state index in [0.29, 0.717) is 17.9 Å². The number of nitrogens with zero attached hydrogens (tertiary/aromatic N) is 2. The Kier molecular flexibility index (Phi) is 4.24. The van der Waals surface area contributed by atoms with E-state index in [0.717, 1.165) is 5.56 Å². The highest BCUT2D eigenvalue weighted by Crippen LogP contribution is 2.36. The molecule has 0 radical (unpaired) electrons. The van der Waals surface area contributed by atoms with Gasteiger partial charge in [0.15, 0.2) is 0 Å². The number of hydrogen-bond acceptors (Lipinski definition) is 4. The van der Waals surface area contributed by atoms with Gasteiger partial charge in [0.1, 0.15) is 5.75 Å². The van der Waals surface area contributed by atoms with E-state index in [1.54, 1.807) is 29.4 Å². The zero-order valence-electron chi connectivity index (χ0n) is 14.5. The van der Waals surface area contributed by atoms with E-state index in [4.69, 9.17) is 0 Å². The van der Waals surface area contributed by atoms with Crippen LogP contribution in [-0.2, 0) is 15.0 Å². The molecule has 3 N–H and O–H groups in total. The molecule has 0 unspecified atom stereocenters. The third kappa shape index (κ3) is 3.35. The average molecular weight is 342 g/mol. The first-order chi connectivity index (χ1) is 11.8. The van der Waals surface area contributed by atoms with E-state index in [1.807, 2.05) is 26.8 Å². The van der Waals surface area contributed by atoms with Crippen LogP contribution in [0.3, 0.4) is 0 Å². The quantitative estimate of drug-likeness (QED) is 0.746. The maximum atomic E-state index is 12.6. The van der Waals surface area contributed by atoms with Gasteiger partial charge in [-0.3, -0.25) is 14.7 Å². The summed E-state index contributed by atoms with van der Waals surface area (Å²) in [6.07, 6.45) is 3.31. The van der Waals surface area contributed by atoms with Crippen molar-refractivity contribution < 1.29 is 14.7 Å². The Morgan fingerprint density at radius 2 is 2.16 bits per heavy atom. The Morgan fingerprint density at radius 3 is 2.80 bits per heavy atom. The minimum Gasteiger partial charge on any atom is -0.505 e. The minimum absolute atomic E-state index is 0.0689. The summed E-state index contributed by atoms with van der Waals surface area (Å²) < 4.78 is 0. The van der Waals surface area contributed by atoms with Crippen molar-refractivity contribution in [1.82, 2.24) is 10.2 Å². The van der Waals surface area contributed by atoms with Crippen LogP contribution in [0.5, 0.6) is 5.75 Å². The lowest BCUT2D eigenvalue weighted by Crippen LogP contribution is -2.28. The monoisotopic (exact) mass is 342 g/mol. The van der Waals surface area contributed by atoms with E-state index in [9.17, 15) is 14.7 Å². The molecule has 0 bridgehead atoms. The van der Waals surface area contributed by atoms with Gasteiger partial charge in [-0.1, -0.05) is 32.9 Å². The van der Waals surface area contributed by atoms with Gasteiger partial charge in [0.25, 0.3) is 0 Å². The lowest BCUT2D eigenvalue weighted by atomic mass is 9.86. The standard InChI is InChI=1S/C18H22N4O3/c1-18(2,3)13-5-4-6-14(16(13)24)21-17(25)11-7-15(23)22(10-11)12-8-19-20-9-12/h4-6,8-9,11,24H,7,10H2,1-3H3,(H,19,20)(H,21,25)/t11-/m0/s1. The molecule has 25 heavy (non-hydrogen) atoms. The molecule has 1 aliphatic rings. The fourth-order valence-electron chi connectivity index (χ4n) is 3.01. The zero-order valence-corrected chi connectivity index (χ0v) is 14.5. The van der Waals surface area contributed by atoms with E-state index < -0.39 is 5.92 Å². The van der Waals surface area contributed by atoms with E-state index in [1.165, 1.54) is 0 Å². The molecular weight excluding hydrogens is 320 g/mol. The van der Waals surface area contributed by atoms with E-state index in [-0.39, 0.29) is 29.4 Å². The van der Waals surface area contributed by atoms with Gasteiger partial charge in [0.2, 0.25) is 11.8 Å². The summed E-state index contributed by atoms with van der Waals surface area (Å²) in [6.45, 7) is 6.27. The van der Waals surface area contributed by atoms with Gasteiger partial charge in [-0.25, -0.2) is 0 Å². The maximum absolute atomic E-state index is 12.6. The van der Waals surface area contributed by atoms with Crippen molar-refractivity contribution in [3.8, 4) is 5.75 Å². The molecule has 3 rings (SSSR count). The van der Waals surface area contributed by atoms with Crippen molar-refractivity contribution in [3.05, 3.63) is 36.2 Å². The summed E-state index contributed by atoms with van der Waals surface area (Å²) >= 11 is 0. The summed E-state index contributed by atoms with van der Waals surface area (Å²) in [5, 5.41) is 19.7. The molecule has 1 saturated heterocycles. The van der Waals surface area contributed by atoms with Crippen LogP contribution < -0.4 is 10.2 Å². The number of benzene rings is 1. The highest BCUT2D eigenvalue weighted by Gasteiger charge is 2.36. The highest BCUT2D eigenvalue weighted by atomic mass is 16.3. The van der Waals surface area contributed by atoms with E-state index in [2.05, 4.69) is 15.5 Å². The third-order valence-electron chi connectivity index (χ3n) is 4.39. The number of carbonyl (C=O) groups excluding carboxylic acids is 2. The van der Waals surface area contributed by atoms with Gasteiger partial charge >= 0.3 is 0 Å². The van der Waals surface area contributed by atoms with Crippen molar-refractivity contribution in [2.24, 2.45) is 5.92 Å². The summed E-state index contributed by atoms with van der Waals surface area (Å²) in [7, 11) is 0. The average Bonchev–Trinajstić information content (AvgIpc) is 3.17. The fraction of sp³-hybridized carbons (Fsp3) is 0.389. The van der Waals surface area contributed by atoms with Gasteiger partial charge in [-0.2, -0.15) is 5.10 Å². The van der Waals surface area contributed by atoms with Crippen molar-refractivity contribution in [3.63, 3.8) is 0 Å². The fourth-order valence-corrected chi connectivity index (χ4v) is 3.01. The molecule has 1 fully saturated rings. The van der Waals surface area contributed by atoms with Crippen LogP contribution in [0.25, 0.3) is 0 Å². The van der Waals surface area contributed by atoms with Crippen LogP contribution >= 0.6 is 0 Å². The molecule has 7 heteroatoms. The number of para-hydroxylation sites is 1. The van der Waals surface area contributed by atoms with Crippen LogP contribution in [0, 0.1) is 5.92 Å². The molecule has 7 nitrogen and oxygen atoms in total. The highest BCUT2D eigenvalue weighted by molar-refractivity contribution is 6.03. The van der Waals surface area contributed by atoms with Gasteiger partial charge in [0.05, 0.1) is 23.5 Å². The van der Waals surface area contributed by atoms with Gasteiger partial charge in [0, 0.05) is 24.7 Å². The smallest absolute Gasteiger partial charge is 0.229 e. The Bertz CT molecular complexity index is 793. The number of amides is 2. The number of aromatic nitrogens is 2. The van der Waals surface area contributed by atoms with Gasteiger partial charge in [-0.05, 0) is 11.5 Å². The molecular formula is C18H22N4O3. The number of aromatic amines is 1. The van der Waals surface area contributed by atoms with Crippen molar-refractivity contribution in [2.75, 3.05) is 16.8 Å². The first kappa shape index (κ1) is 17.0. The molecule has 2 amide bonds. The predicted molar refractivity (Wildman–Crippen MR) is 94.5 cm³/mol. The van der Waals surface area contributed by atoms with E-state index >= 15 is 0 Å². The topological polar surface area (TPSA) is 98.3 Å². The van der Waals surface area contributed by atoms with Crippen LogP contribution in [0.2, 0.25) is 0 Å². The maximum Gasteiger partial charge on any atom is 0.229 e. The number of aromatic hydroxyl groups is 1. The predicted octanol–water partition coefficient (Wildman–Crippen LogP) is 2.40. The molecule has 0 spiro atoms. The Balaban J connectivity index is 1.75. The molecule has 1 aromatic heterocycles. The van der Waals surface area contributed by atoms with Gasteiger partial charge in [-0.15, -0.1) is 0 Å². The summed E-state index contributed by atoms with van der Waals surface area (Å²) in [5.41, 5.74) is 1.53. The third-order valence-corrected chi connectivity index (χ3v) is 4.39. The second-order valence-corrected chi connectivity index (χ2v) is 7.30. The Labute approximate surface area is 146 Å². The number of phenols is 1. The first-order valence-corrected chi connectivity index (χ1v) is 8.20. The van der Waals surface area contributed by atoms with Crippen LogP contribution in [0.1, 0.15) is 32.8 Å². The molecule has 132 valence electrons. The summed E-state index contributed by atoms with van der Waals surface area (Å²) in [6, 6.07) is 5.30. The van der Waals surface area contributed by atoms with Crippen molar-refractivity contribution >= 4 is 23.2 Å². The largest absolute Gasteiger partial charge is 0.505 e. The molecule has 1 atom stereocenters. The van der Waals surface area contributed by atoms with Crippen molar-refractivity contribution in [1.29, 1.82) is 0 Å². The molecule has 1 aliphatic heterocycles. The SMILES string of the molecule is CC(C)(C)c1cccc(NC(=O)[C@H]2CC(=O)N(c3cn[nH]c3)C2)c1O. The number of rotatable bonds is 3. The summed E-state index contributed by atoms with van der Waals surface area (Å²) in [4.78, 5) is 26.3. The van der Waals surface area contributed by atoms with Crippen LogP contribution in [-0.4, -0.2) is 33.7 Å². The number of carbonyl (C=O) groups is 2. The molecule has 1 aromatic carbocycles. The zero-order chi connectivity index (χ0) is 18.2. The summed E-state index contributed by atoms with van der Waals surface area (Å²) in [5.74, 6) is -0.797. The number of H-pyrrole nitrogens is 1. The Hall–Kier alpha value is -2.83. The second kappa shape index (κ2) is 6.23. The molecule has 0 saturated carbocycles. The molecule has 2 heterocycles. The van der Waals surface area contributed by atoms with Gasteiger partial charge < -0.3 is 15.3 Å². The first-order valence-electron chi connectivity index (χ1n) is 8.20. The number of phenolic OH excluding ortho intramolecular Hbond substituents is 1. The number of anilines is 2. The molecule has 2 aromatic rings.